The lowest BCUT2D eigenvalue weighted by atomic mass is 9.90. The van der Waals surface area contributed by atoms with E-state index in [1.54, 1.807) is 0 Å². The SMILES string of the molecule is OC(c1ccccc1)[C@@]1(c2ccccc2)CO1. The van der Waals surface area contributed by atoms with Crippen LogP contribution in [0.5, 0.6) is 0 Å². The second-order valence-corrected chi connectivity index (χ2v) is 4.36. The monoisotopic (exact) mass is 226 g/mol. The van der Waals surface area contributed by atoms with Crippen molar-refractivity contribution < 1.29 is 9.84 Å². The Balaban J connectivity index is 1.95. The third kappa shape index (κ3) is 1.75. The molecular formula is C15H14O2. The van der Waals surface area contributed by atoms with Crippen molar-refractivity contribution in [1.82, 2.24) is 0 Å². The van der Waals surface area contributed by atoms with Crippen LogP contribution in [-0.2, 0) is 10.3 Å². The van der Waals surface area contributed by atoms with Gasteiger partial charge >= 0.3 is 0 Å². The van der Waals surface area contributed by atoms with E-state index in [1.807, 2.05) is 60.7 Å². The van der Waals surface area contributed by atoms with E-state index in [2.05, 4.69) is 0 Å². The Morgan fingerprint density at radius 3 is 2.00 bits per heavy atom. The van der Waals surface area contributed by atoms with Gasteiger partial charge in [-0.1, -0.05) is 60.7 Å². The minimum atomic E-state index is -0.605. The van der Waals surface area contributed by atoms with Crippen LogP contribution >= 0.6 is 0 Å². The van der Waals surface area contributed by atoms with E-state index in [0.717, 1.165) is 11.1 Å². The number of benzene rings is 2. The van der Waals surface area contributed by atoms with Crippen LogP contribution in [0.4, 0.5) is 0 Å². The molecule has 1 N–H and O–H groups in total. The highest BCUT2D eigenvalue weighted by atomic mass is 16.6. The zero-order chi connectivity index (χ0) is 11.7. The molecule has 0 amide bonds. The molecule has 1 heterocycles. The van der Waals surface area contributed by atoms with Gasteiger partial charge in [-0.25, -0.2) is 0 Å². The van der Waals surface area contributed by atoms with Gasteiger partial charge in [-0.15, -0.1) is 0 Å². The van der Waals surface area contributed by atoms with Crippen molar-refractivity contribution in [3.8, 4) is 0 Å². The molecule has 0 aromatic heterocycles. The number of ether oxygens (including phenoxy) is 1. The molecule has 2 heteroatoms. The van der Waals surface area contributed by atoms with Crippen LogP contribution in [0, 0.1) is 0 Å². The normalized spacial score (nSPS) is 24.3. The van der Waals surface area contributed by atoms with Crippen LogP contribution in [0.25, 0.3) is 0 Å². The Hall–Kier alpha value is -1.64. The Morgan fingerprint density at radius 2 is 1.47 bits per heavy atom. The molecule has 17 heavy (non-hydrogen) atoms. The van der Waals surface area contributed by atoms with E-state index in [1.165, 1.54) is 0 Å². The first-order valence-corrected chi connectivity index (χ1v) is 5.75. The van der Waals surface area contributed by atoms with E-state index in [9.17, 15) is 5.11 Å². The second kappa shape index (κ2) is 3.99. The maximum atomic E-state index is 10.4. The summed E-state index contributed by atoms with van der Waals surface area (Å²) in [6, 6.07) is 19.6. The average Bonchev–Trinajstić information content (AvgIpc) is 3.21. The molecule has 1 aliphatic rings. The molecule has 2 aromatic carbocycles. The zero-order valence-corrected chi connectivity index (χ0v) is 9.41. The van der Waals surface area contributed by atoms with Crippen molar-refractivity contribution in [1.29, 1.82) is 0 Å². The predicted octanol–water partition coefficient (Wildman–Crippen LogP) is 2.65. The van der Waals surface area contributed by atoms with E-state index in [-0.39, 0.29) is 0 Å². The van der Waals surface area contributed by atoms with Gasteiger partial charge in [-0.2, -0.15) is 0 Å². The number of hydrogen-bond donors (Lipinski definition) is 1. The molecule has 2 nitrogen and oxygen atoms in total. The van der Waals surface area contributed by atoms with Gasteiger partial charge in [-0.05, 0) is 11.1 Å². The van der Waals surface area contributed by atoms with Crippen LogP contribution in [0.15, 0.2) is 60.7 Å². The van der Waals surface area contributed by atoms with Crippen molar-refractivity contribution >= 4 is 0 Å². The quantitative estimate of drug-likeness (QED) is 0.816. The Morgan fingerprint density at radius 1 is 0.941 bits per heavy atom. The molecule has 0 bridgehead atoms. The summed E-state index contributed by atoms with van der Waals surface area (Å²) in [5.74, 6) is 0. The van der Waals surface area contributed by atoms with E-state index >= 15 is 0 Å². The smallest absolute Gasteiger partial charge is 0.146 e. The van der Waals surface area contributed by atoms with Gasteiger partial charge in [0.25, 0.3) is 0 Å². The molecule has 86 valence electrons. The number of hydrogen-bond acceptors (Lipinski definition) is 2. The van der Waals surface area contributed by atoms with Crippen LogP contribution in [-0.4, -0.2) is 11.7 Å². The fourth-order valence-corrected chi connectivity index (χ4v) is 2.18. The lowest BCUT2D eigenvalue weighted by Gasteiger charge is -2.19. The van der Waals surface area contributed by atoms with Crippen molar-refractivity contribution in [2.45, 2.75) is 11.7 Å². The van der Waals surface area contributed by atoms with Crippen molar-refractivity contribution in [3.63, 3.8) is 0 Å². The molecule has 2 aromatic rings. The highest BCUT2D eigenvalue weighted by molar-refractivity contribution is 5.33. The number of aliphatic hydroxyl groups excluding tert-OH is 1. The summed E-state index contributed by atoms with van der Waals surface area (Å²) in [6.07, 6.45) is -0.605. The molecule has 1 fully saturated rings. The van der Waals surface area contributed by atoms with Crippen molar-refractivity contribution in [3.05, 3.63) is 71.8 Å². The maximum Gasteiger partial charge on any atom is 0.146 e. The van der Waals surface area contributed by atoms with Gasteiger partial charge in [0, 0.05) is 0 Å². The summed E-state index contributed by atoms with van der Waals surface area (Å²) in [5, 5.41) is 10.4. The molecule has 2 atom stereocenters. The Kier molecular flexibility index (Phi) is 2.46. The molecular weight excluding hydrogens is 212 g/mol. The van der Waals surface area contributed by atoms with Gasteiger partial charge in [0.1, 0.15) is 11.7 Å². The molecule has 0 saturated carbocycles. The van der Waals surface area contributed by atoms with Gasteiger partial charge < -0.3 is 9.84 Å². The summed E-state index contributed by atoms with van der Waals surface area (Å²) in [6.45, 7) is 0.576. The third-order valence-corrected chi connectivity index (χ3v) is 3.27. The zero-order valence-electron chi connectivity index (χ0n) is 9.41. The largest absolute Gasteiger partial charge is 0.385 e. The highest BCUT2D eigenvalue weighted by Gasteiger charge is 2.53. The van der Waals surface area contributed by atoms with Crippen LogP contribution in [0.3, 0.4) is 0 Å². The minimum absolute atomic E-state index is 0.539. The molecule has 0 aliphatic carbocycles. The standard InChI is InChI=1S/C15H14O2/c16-14(12-7-3-1-4-8-12)15(11-17-15)13-9-5-2-6-10-13/h1-10,14,16H,11H2/t14?,15-/m0/s1. The second-order valence-electron chi connectivity index (χ2n) is 4.36. The molecule has 0 spiro atoms. The molecule has 1 unspecified atom stereocenters. The number of epoxide rings is 1. The average molecular weight is 226 g/mol. The first-order valence-electron chi connectivity index (χ1n) is 5.75. The van der Waals surface area contributed by atoms with E-state index in [0.29, 0.717) is 6.61 Å². The van der Waals surface area contributed by atoms with Gasteiger partial charge in [0.15, 0.2) is 0 Å². The topological polar surface area (TPSA) is 32.8 Å². The van der Waals surface area contributed by atoms with Crippen molar-refractivity contribution in [2.24, 2.45) is 0 Å². The lowest BCUT2D eigenvalue weighted by molar-refractivity contribution is 0.0730. The molecule has 1 saturated heterocycles. The first kappa shape index (κ1) is 10.5. The minimum Gasteiger partial charge on any atom is -0.385 e. The van der Waals surface area contributed by atoms with Crippen LogP contribution < -0.4 is 0 Å². The first-order chi connectivity index (χ1) is 8.33. The summed E-state index contributed by atoms with van der Waals surface area (Å²) in [7, 11) is 0. The molecule has 0 radical (unpaired) electrons. The van der Waals surface area contributed by atoms with E-state index < -0.39 is 11.7 Å². The van der Waals surface area contributed by atoms with Gasteiger partial charge in [-0.3, -0.25) is 0 Å². The fourth-order valence-electron chi connectivity index (χ4n) is 2.18. The highest BCUT2D eigenvalue weighted by Crippen LogP contribution is 2.48. The van der Waals surface area contributed by atoms with E-state index in [4.69, 9.17) is 4.74 Å². The van der Waals surface area contributed by atoms with Gasteiger partial charge in [0.05, 0.1) is 6.61 Å². The van der Waals surface area contributed by atoms with Crippen LogP contribution in [0.2, 0.25) is 0 Å². The third-order valence-electron chi connectivity index (χ3n) is 3.27. The van der Waals surface area contributed by atoms with Crippen molar-refractivity contribution in [2.75, 3.05) is 6.61 Å². The Bertz CT molecular complexity index is 489. The van der Waals surface area contributed by atoms with Crippen LogP contribution in [0.1, 0.15) is 17.2 Å². The Labute approximate surface area is 100 Å². The predicted molar refractivity (Wildman–Crippen MR) is 65.5 cm³/mol. The number of rotatable bonds is 3. The summed E-state index contributed by atoms with van der Waals surface area (Å²) < 4.78 is 5.55. The fraction of sp³-hybridized carbons (Fsp3) is 0.200. The summed E-state index contributed by atoms with van der Waals surface area (Å²) in [5.41, 5.74) is 1.40. The summed E-state index contributed by atoms with van der Waals surface area (Å²) in [4.78, 5) is 0. The van der Waals surface area contributed by atoms with Gasteiger partial charge in [0.2, 0.25) is 0 Å². The summed E-state index contributed by atoms with van der Waals surface area (Å²) >= 11 is 0. The molecule has 3 rings (SSSR count). The lowest BCUT2D eigenvalue weighted by Crippen LogP contribution is -2.19. The maximum absolute atomic E-state index is 10.4. The number of aliphatic hydroxyl groups is 1. The molecule has 1 aliphatic heterocycles.